The summed E-state index contributed by atoms with van der Waals surface area (Å²) in [6.45, 7) is 6.13. The summed E-state index contributed by atoms with van der Waals surface area (Å²) in [4.78, 5) is 21.6. The van der Waals surface area contributed by atoms with Gasteiger partial charge in [-0.25, -0.2) is 17.6 Å². The van der Waals surface area contributed by atoms with Gasteiger partial charge in [0, 0.05) is 19.3 Å². The molecule has 0 radical (unpaired) electrons. The Labute approximate surface area is 191 Å². The number of ether oxygens (including phenoxy) is 2. The molecule has 0 spiro atoms. The lowest BCUT2D eigenvalue weighted by Gasteiger charge is -2.29. The van der Waals surface area contributed by atoms with Crippen molar-refractivity contribution in [3.63, 3.8) is 0 Å². The Kier molecular flexibility index (Phi) is 7.01. The molecular weight excluding hydrogens is 456 g/mol. The third-order valence-electron chi connectivity index (χ3n) is 4.68. The minimum Gasteiger partial charge on any atom is -0.484 e. The Morgan fingerprint density at radius 2 is 1.88 bits per heavy atom. The molecule has 1 amide bonds. The third kappa shape index (κ3) is 6.25. The van der Waals surface area contributed by atoms with E-state index in [2.05, 4.69) is 9.97 Å². The summed E-state index contributed by atoms with van der Waals surface area (Å²) in [7, 11) is -3.90. The van der Waals surface area contributed by atoms with Crippen molar-refractivity contribution in [2.24, 2.45) is 0 Å². The molecule has 11 heteroatoms. The molecule has 178 valence electrons. The summed E-state index contributed by atoms with van der Waals surface area (Å²) in [6, 6.07) is 2.01. The molecule has 1 aromatic carbocycles. The number of halogens is 2. The summed E-state index contributed by atoms with van der Waals surface area (Å²) in [5.41, 5.74) is 1.38. The van der Waals surface area contributed by atoms with Crippen molar-refractivity contribution in [1.29, 1.82) is 0 Å². The molecule has 0 aliphatic carbocycles. The van der Waals surface area contributed by atoms with E-state index >= 15 is 0 Å². The van der Waals surface area contributed by atoms with E-state index in [-0.39, 0.29) is 12.7 Å². The van der Waals surface area contributed by atoms with E-state index in [1.165, 1.54) is 12.4 Å². The summed E-state index contributed by atoms with van der Waals surface area (Å²) < 4.78 is 61.7. The number of hydrogen-bond donors (Lipinski definition) is 0. The predicted octanol–water partition coefficient (Wildman–Crippen LogP) is 3.76. The molecule has 0 unspecified atom stereocenters. The van der Waals surface area contributed by atoms with Crippen molar-refractivity contribution in [1.82, 2.24) is 14.9 Å². The molecule has 0 saturated heterocycles. The van der Waals surface area contributed by atoms with Gasteiger partial charge in [0.2, 0.25) is 5.82 Å². The van der Waals surface area contributed by atoms with Crippen molar-refractivity contribution in [2.75, 3.05) is 19.3 Å². The van der Waals surface area contributed by atoms with Crippen molar-refractivity contribution in [3.8, 4) is 5.75 Å². The van der Waals surface area contributed by atoms with Gasteiger partial charge in [-0.1, -0.05) is 6.08 Å². The highest BCUT2D eigenvalue weighted by atomic mass is 32.2. The van der Waals surface area contributed by atoms with Gasteiger partial charge in [-0.2, -0.15) is 4.39 Å². The number of carbonyl (C=O) groups is 1. The van der Waals surface area contributed by atoms with Crippen LogP contribution in [0, 0.1) is 11.6 Å². The van der Waals surface area contributed by atoms with Gasteiger partial charge in [0.1, 0.15) is 17.1 Å². The number of benzene rings is 1. The SMILES string of the molecule is CC(C)(C)OC(=O)N1CC=C(c2cnc(COc3ccc(S(C)(=O)=O)c(F)c3F)cn2)CC1. The quantitative estimate of drug-likeness (QED) is 0.641. The molecule has 2 aromatic rings. The Balaban J connectivity index is 1.62. The molecule has 1 aliphatic heterocycles. The average molecular weight is 482 g/mol. The van der Waals surface area contributed by atoms with Crippen molar-refractivity contribution < 1.29 is 31.5 Å². The second kappa shape index (κ2) is 9.42. The molecular formula is C22H25F2N3O5S. The molecule has 3 rings (SSSR count). The Morgan fingerprint density at radius 3 is 2.42 bits per heavy atom. The van der Waals surface area contributed by atoms with E-state index in [9.17, 15) is 22.0 Å². The van der Waals surface area contributed by atoms with E-state index in [0.717, 1.165) is 24.0 Å². The van der Waals surface area contributed by atoms with Crippen LogP contribution in [-0.4, -0.2) is 54.3 Å². The fourth-order valence-corrected chi connectivity index (χ4v) is 3.78. The maximum atomic E-state index is 14.1. The van der Waals surface area contributed by atoms with Gasteiger partial charge in [0.25, 0.3) is 0 Å². The van der Waals surface area contributed by atoms with Crippen molar-refractivity contribution >= 4 is 21.5 Å². The molecule has 1 aliphatic rings. The number of amides is 1. The second-order valence-electron chi connectivity index (χ2n) is 8.55. The Morgan fingerprint density at radius 1 is 1.15 bits per heavy atom. The highest BCUT2D eigenvalue weighted by Crippen LogP contribution is 2.26. The molecule has 0 bridgehead atoms. The average Bonchev–Trinajstić information content (AvgIpc) is 2.73. The van der Waals surface area contributed by atoms with Crippen LogP contribution in [0.25, 0.3) is 5.57 Å². The summed E-state index contributed by atoms with van der Waals surface area (Å²) in [5.74, 6) is -3.30. The van der Waals surface area contributed by atoms with Crippen LogP contribution in [0.1, 0.15) is 38.6 Å². The number of rotatable bonds is 5. The lowest BCUT2D eigenvalue weighted by molar-refractivity contribution is 0.0270. The summed E-state index contributed by atoms with van der Waals surface area (Å²) in [5, 5.41) is 0. The number of sulfone groups is 1. The van der Waals surface area contributed by atoms with Gasteiger partial charge in [0.15, 0.2) is 21.4 Å². The fourth-order valence-electron chi connectivity index (χ4n) is 3.05. The molecule has 0 saturated carbocycles. The van der Waals surface area contributed by atoms with E-state index < -0.39 is 37.7 Å². The minimum absolute atomic E-state index is 0.187. The zero-order chi connectivity index (χ0) is 24.4. The first kappa shape index (κ1) is 24.6. The lowest BCUT2D eigenvalue weighted by atomic mass is 10.1. The van der Waals surface area contributed by atoms with Crippen LogP contribution in [-0.2, 0) is 21.2 Å². The van der Waals surface area contributed by atoms with Gasteiger partial charge in [-0.05, 0) is 44.9 Å². The minimum atomic E-state index is -3.90. The van der Waals surface area contributed by atoms with Crippen LogP contribution in [0.2, 0.25) is 0 Å². The number of carbonyl (C=O) groups excluding carboxylic acids is 1. The zero-order valence-electron chi connectivity index (χ0n) is 18.8. The third-order valence-corrected chi connectivity index (χ3v) is 5.80. The number of nitrogens with zero attached hydrogens (tertiary/aromatic N) is 3. The summed E-state index contributed by atoms with van der Waals surface area (Å²) in [6.07, 6.45) is 5.88. The van der Waals surface area contributed by atoms with Crippen LogP contribution in [0.3, 0.4) is 0 Å². The molecule has 1 aromatic heterocycles. The largest absolute Gasteiger partial charge is 0.484 e. The molecule has 0 fully saturated rings. The van der Waals surface area contributed by atoms with E-state index in [1.54, 1.807) is 4.90 Å². The van der Waals surface area contributed by atoms with Crippen molar-refractivity contribution in [2.45, 2.75) is 44.3 Å². The van der Waals surface area contributed by atoms with Gasteiger partial charge in [-0.3, -0.25) is 9.97 Å². The monoisotopic (exact) mass is 481 g/mol. The first-order chi connectivity index (χ1) is 15.3. The zero-order valence-corrected chi connectivity index (χ0v) is 19.6. The van der Waals surface area contributed by atoms with Crippen LogP contribution in [0.15, 0.2) is 35.5 Å². The van der Waals surface area contributed by atoms with Crippen LogP contribution < -0.4 is 4.74 Å². The lowest BCUT2D eigenvalue weighted by Crippen LogP contribution is -2.39. The molecule has 8 nitrogen and oxygen atoms in total. The topological polar surface area (TPSA) is 98.7 Å². The van der Waals surface area contributed by atoms with E-state index in [0.29, 0.717) is 30.9 Å². The molecule has 2 heterocycles. The maximum Gasteiger partial charge on any atom is 0.410 e. The summed E-state index contributed by atoms with van der Waals surface area (Å²) >= 11 is 0. The number of aromatic nitrogens is 2. The predicted molar refractivity (Wildman–Crippen MR) is 116 cm³/mol. The molecule has 0 N–H and O–H groups in total. The van der Waals surface area contributed by atoms with Gasteiger partial charge < -0.3 is 14.4 Å². The van der Waals surface area contributed by atoms with Crippen LogP contribution in [0.5, 0.6) is 5.75 Å². The van der Waals surface area contributed by atoms with Gasteiger partial charge >= 0.3 is 6.09 Å². The smallest absolute Gasteiger partial charge is 0.410 e. The van der Waals surface area contributed by atoms with Crippen LogP contribution >= 0.6 is 0 Å². The fraction of sp³-hybridized carbons (Fsp3) is 0.409. The first-order valence-corrected chi connectivity index (χ1v) is 12.0. The Bertz CT molecular complexity index is 1180. The second-order valence-corrected chi connectivity index (χ2v) is 10.5. The number of hydrogen-bond acceptors (Lipinski definition) is 7. The van der Waals surface area contributed by atoms with Gasteiger partial charge in [0.05, 0.1) is 23.8 Å². The maximum absolute atomic E-state index is 14.1. The van der Waals surface area contributed by atoms with Crippen LogP contribution in [0.4, 0.5) is 13.6 Å². The first-order valence-electron chi connectivity index (χ1n) is 10.1. The Hall–Kier alpha value is -3.08. The highest BCUT2D eigenvalue weighted by molar-refractivity contribution is 7.90. The standard InChI is InChI=1S/C22H25F2N3O5S/c1-22(2,3)32-21(28)27-9-7-14(8-10-27)16-12-25-15(11-26-16)13-31-17-5-6-18(33(4,29)30)20(24)19(17)23/h5-7,11-12H,8-10,13H2,1-4H3. The van der Waals surface area contributed by atoms with E-state index in [4.69, 9.17) is 9.47 Å². The van der Waals surface area contributed by atoms with Gasteiger partial charge in [-0.15, -0.1) is 0 Å². The highest BCUT2D eigenvalue weighted by Gasteiger charge is 2.24. The normalized spacial score (nSPS) is 14.6. The molecule has 0 atom stereocenters. The molecule has 33 heavy (non-hydrogen) atoms. The van der Waals surface area contributed by atoms with Crippen molar-refractivity contribution in [3.05, 3.63) is 53.6 Å². The van der Waals surface area contributed by atoms with E-state index in [1.807, 2.05) is 26.8 Å².